The zero-order chi connectivity index (χ0) is 20.2. The number of para-hydroxylation sites is 1. The van der Waals surface area contributed by atoms with Crippen LogP contribution in [0.3, 0.4) is 0 Å². The average Bonchev–Trinajstić information content (AvgIpc) is 3.38. The molecular formula is C21H21N5O3. The van der Waals surface area contributed by atoms with Crippen LogP contribution in [0.5, 0.6) is 5.75 Å². The van der Waals surface area contributed by atoms with Gasteiger partial charge in [-0.25, -0.2) is 4.68 Å². The Labute approximate surface area is 167 Å². The Hall–Kier alpha value is -3.65. The van der Waals surface area contributed by atoms with Crippen molar-refractivity contribution in [1.82, 2.24) is 20.0 Å². The van der Waals surface area contributed by atoms with E-state index in [0.717, 1.165) is 28.0 Å². The Morgan fingerprint density at radius 3 is 2.76 bits per heavy atom. The van der Waals surface area contributed by atoms with Crippen LogP contribution in [0.4, 0.5) is 0 Å². The van der Waals surface area contributed by atoms with Crippen molar-refractivity contribution in [1.29, 1.82) is 0 Å². The number of methoxy groups -OCH3 is 1. The lowest BCUT2D eigenvalue weighted by Crippen LogP contribution is -2.34. The monoisotopic (exact) mass is 391 g/mol. The Morgan fingerprint density at radius 1 is 1.21 bits per heavy atom. The number of nitrogens with zero attached hydrogens (tertiary/aromatic N) is 3. The van der Waals surface area contributed by atoms with Crippen molar-refractivity contribution in [2.45, 2.75) is 19.1 Å². The summed E-state index contributed by atoms with van der Waals surface area (Å²) in [6, 6.07) is 16.5. The zero-order valence-corrected chi connectivity index (χ0v) is 15.9. The third-order valence-electron chi connectivity index (χ3n) is 4.57. The summed E-state index contributed by atoms with van der Waals surface area (Å²) in [5.41, 5.74) is 9.27. The van der Waals surface area contributed by atoms with E-state index >= 15 is 0 Å². The third-order valence-corrected chi connectivity index (χ3v) is 4.57. The molecule has 0 aliphatic rings. The van der Waals surface area contributed by atoms with Crippen LogP contribution in [0, 0.1) is 0 Å². The van der Waals surface area contributed by atoms with Gasteiger partial charge in [0.15, 0.2) is 0 Å². The van der Waals surface area contributed by atoms with Gasteiger partial charge in [0.2, 0.25) is 0 Å². The van der Waals surface area contributed by atoms with E-state index < -0.39 is 12.0 Å². The van der Waals surface area contributed by atoms with Gasteiger partial charge >= 0.3 is 5.97 Å². The van der Waals surface area contributed by atoms with Gasteiger partial charge in [-0.2, -0.15) is 0 Å². The first-order valence-electron chi connectivity index (χ1n) is 9.17. The number of aromatic nitrogens is 4. The molecule has 4 aromatic rings. The molecule has 0 unspecified atom stereocenters. The van der Waals surface area contributed by atoms with Gasteiger partial charge in [-0.15, -0.1) is 5.10 Å². The first-order valence-corrected chi connectivity index (χ1v) is 9.17. The van der Waals surface area contributed by atoms with Gasteiger partial charge in [-0.3, -0.25) is 4.79 Å². The first kappa shape index (κ1) is 18.7. The Bertz CT molecular complexity index is 1080. The van der Waals surface area contributed by atoms with Crippen LogP contribution >= 0.6 is 0 Å². The van der Waals surface area contributed by atoms with Gasteiger partial charge < -0.3 is 20.2 Å². The molecule has 148 valence electrons. The third kappa shape index (κ3) is 4.27. The largest absolute Gasteiger partial charge is 0.497 e. The van der Waals surface area contributed by atoms with E-state index in [2.05, 4.69) is 15.3 Å². The highest BCUT2D eigenvalue weighted by Gasteiger charge is 2.17. The van der Waals surface area contributed by atoms with Crippen molar-refractivity contribution < 1.29 is 14.3 Å². The van der Waals surface area contributed by atoms with E-state index in [1.807, 2.05) is 54.6 Å². The number of ether oxygens (including phenoxy) is 2. The summed E-state index contributed by atoms with van der Waals surface area (Å²) in [6.45, 7) is 0.00932. The fraction of sp³-hybridized carbons (Fsp3) is 0.190. The molecule has 0 saturated heterocycles. The molecule has 4 rings (SSSR count). The number of benzene rings is 2. The van der Waals surface area contributed by atoms with Crippen molar-refractivity contribution in [2.24, 2.45) is 5.73 Å². The van der Waals surface area contributed by atoms with Crippen molar-refractivity contribution in [2.75, 3.05) is 7.11 Å². The summed E-state index contributed by atoms with van der Waals surface area (Å²) in [6.07, 6.45) is 2.07. The number of aromatic amines is 1. The summed E-state index contributed by atoms with van der Waals surface area (Å²) < 4.78 is 12.1. The Kier molecular flexibility index (Phi) is 5.26. The number of nitrogens with one attached hydrogen (secondary N) is 1. The standard InChI is InChI=1S/C21H21N5O3/c1-28-18-8-6-17(7-9-18)26-12-16(24-25-26)13-29-21(27)19(22)11-15-10-14-4-2-3-5-20(14)23-15/h2-10,12,19,23H,11,13,22H2,1H3/t19-/m0/s1. The van der Waals surface area contributed by atoms with Gasteiger partial charge in [0.25, 0.3) is 0 Å². The molecule has 0 bridgehead atoms. The zero-order valence-electron chi connectivity index (χ0n) is 15.9. The lowest BCUT2D eigenvalue weighted by Gasteiger charge is -2.09. The second-order valence-electron chi connectivity index (χ2n) is 6.65. The number of hydrogen-bond acceptors (Lipinski definition) is 6. The predicted octanol–water partition coefficient (Wildman–Crippen LogP) is 2.37. The van der Waals surface area contributed by atoms with E-state index in [1.54, 1.807) is 18.0 Å². The number of hydrogen-bond donors (Lipinski definition) is 2. The summed E-state index contributed by atoms with van der Waals surface area (Å²) in [5.74, 6) is 0.273. The molecule has 8 heteroatoms. The van der Waals surface area contributed by atoms with Crippen molar-refractivity contribution >= 4 is 16.9 Å². The molecule has 0 radical (unpaired) electrons. The number of carbonyl (C=O) groups excluding carboxylic acids is 1. The van der Waals surface area contributed by atoms with Crippen LogP contribution in [0.25, 0.3) is 16.6 Å². The van der Waals surface area contributed by atoms with Crippen LogP contribution in [-0.2, 0) is 22.6 Å². The van der Waals surface area contributed by atoms with Crippen LogP contribution in [0.1, 0.15) is 11.4 Å². The van der Waals surface area contributed by atoms with E-state index in [9.17, 15) is 4.79 Å². The van der Waals surface area contributed by atoms with E-state index in [4.69, 9.17) is 15.2 Å². The van der Waals surface area contributed by atoms with Gasteiger partial charge in [-0.05, 0) is 41.8 Å². The molecule has 3 N–H and O–H groups in total. The summed E-state index contributed by atoms with van der Waals surface area (Å²) in [5, 5.41) is 9.17. The molecule has 0 spiro atoms. The molecule has 8 nitrogen and oxygen atoms in total. The van der Waals surface area contributed by atoms with Gasteiger partial charge in [-0.1, -0.05) is 23.4 Å². The quantitative estimate of drug-likeness (QED) is 0.468. The second kappa shape index (κ2) is 8.15. The van der Waals surface area contributed by atoms with Crippen molar-refractivity contribution in [3.63, 3.8) is 0 Å². The lowest BCUT2D eigenvalue weighted by atomic mass is 10.1. The molecule has 0 aliphatic carbocycles. The Morgan fingerprint density at radius 2 is 2.00 bits per heavy atom. The Balaban J connectivity index is 1.33. The number of nitrogens with two attached hydrogens (primary N) is 1. The molecule has 1 atom stereocenters. The minimum absolute atomic E-state index is 0.00932. The van der Waals surface area contributed by atoms with Gasteiger partial charge in [0, 0.05) is 17.6 Å². The van der Waals surface area contributed by atoms with E-state index in [-0.39, 0.29) is 6.61 Å². The SMILES string of the molecule is COc1ccc(-n2cc(COC(=O)[C@@H](N)Cc3cc4ccccc4[nH]3)nn2)cc1. The molecule has 0 amide bonds. The van der Waals surface area contributed by atoms with Crippen molar-refractivity contribution in [3.8, 4) is 11.4 Å². The lowest BCUT2D eigenvalue weighted by molar-refractivity contribution is -0.146. The summed E-state index contributed by atoms with van der Waals surface area (Å²) >= 11 is 0. The highest BCUT2D eigenvalue weighted by atomic mass is 16.5. The fourth-order valence-electron chi connectivity index (χ4n) is 3.04. The first-order chi connectivity index (χ1) is 14.1. The molecule has 2 aromatic carbocycles. The molecule has 0 saturated carbocycles. The molecule has 2 heterocycles. The highest BCUT2D eigenvalue weighted by Crippen LogP contribution is 2.16. The van der Waals surface area contributed by atoms with Crippen LogP contribution < -0.4 is 10.5 Å². The normalized spacial score (nSPS) is 12.1. The number of H-pyrrole nitrogens is 1. The maximum absolute atomic E-state index is 12.3. The highest BCUT2D eigenvalue weighted by molar-refractivity contribution is 5.81. The van der Waals surface area contributed by atoms with Crippen LogP contribution in [-0.4, -0.2) is 39.1 Å². The maximum atomic E-state index is 12.3. The number of fused-ring (bicyclic) bond motifs is 1. The molecule has 29 heavy (non-hydrogen) atoms. The van der Waals surface area contributed by atoms with Crippen LogP contribution in [0.2, 0.25) is 0 Å². The topological polar surface area (TPSA) is 108 Å². The van der Waals surface area contributed by atoms with Gasteiger partial charge in [0.05, 0.1) is 19.0 Å². The maximum Gasteiger partial charge on any atom is 0.323 e. The van der Waals surface area contributed by atoms with E-state index in [1.165, 1.54) is 0 Å². The summed E-state index contributed by atoms with van der Waals surface area (Å²) in [7, 11) is 1.61. The molecular weight excluding hydrogens is 370 g/mol. The number of esters is 1. The summed E-state index contributed by atoms with van der Waals surface area (Å²) in [4.78, 5) is 15.5. The molecule has 2 aromatic heterocycles. The van der Waals surface area contributed by atoms with Gasteiger partial charge in [0.1, 0.15) is 24.1 Å². The molecule has 0 fully saturated rings. The second-order valence-corrected chi connectivity index (χ2v) is 6.65. The molecule has 0 aliphatic heterocycles. The fourth-order valence-corrected chi connectivity index (χ4v) is 3.04. The average molecular weight is 391 g/mol. The number of carbonyl (C=O) groups is 1. The minimum Gasteiger partial charge on any atom is -0.497 e. The minimum atomic E-state index is -0.764. The van der Waals surface area contributed by atoms with E-state index in [0.29, 0.717) is 12.1 Å². The smallest absolute Gasteiger partial charge is 0.323 e. The van der Waals surface area contributed by atoms with Crippen molar-refractivity contribution in [3.05, 3.63) is 72.2 Å². The number of rotatable bonds is 7. The van der Waals surface area contributed by atoms with Crippen LogP contribution in [0.15, 0.2) is 60.8 Å². The predicted molar refractivity (Wildman–Crippen MR) is 108 cm³/mol.